The van der Waals surface area contributed by atoms with Gasteiger partial charge < -0.3 is 8.98 Å². The summed E-state index contributed by atoms with van der Waals surface area (Å²) in [5.74, 6) is 0. The molecule has 2 aromatic heterocycles. The summed E-state index contributed by atoms with van der Waals surface area (Å²) in [5, 5.41) is 9.89. The number of rotatable bonds is 2. The lowest BCUT2D eigenvalue weighted by atomic mass is 9.91. The van der Waals surface area contributed by atoms with Crippen LogP contribution in [-0.2, 0) is 0 Å². The van der Waals surface area contributed by atoms with E-state index in [0.717, 1.165) is 27.5 Å². The van der Waals surface area contributed by atoms with Crippen molar-refractivity contribution in [2.45, 2.75) is 0 Å². The average Bonchev–Trinajstić information content (AvgIpc) is 3.75. The first-order chi connectivity index (χ1) is 22.8. The van der Waals surface area contributed by atoms with Gasteiger partial charge in [-0.2, -0.15) is 0 Å². The first-order valence-electron chi connectivity index (χ1n) is 15.9. The van der Waals surface area contributed by atoms with Crippen LogP contribution < -0.4 is 0 Å². The van der Waals surface area contributed by atoms with E-state index in [1.165, 1.54) is 76.9 Å². The topological polar surface area (TPSA) is 18.1 Å². The number of hydrogen-bond acceptors (Lipinski definition) is 1. The van der Waals surface area contributed by atoms with Crippen LogP contribution in [0, 0.1) is 0 Å². The standard InChI is InChI=1S/C44H25NO/c1-2-12-28-27(11-1)34-16-9-17-35-30(20-21-36(28)44(34)35)29-22-23-40(31-13-4-3-10-26(29)31)45-39-18-7-5-14-32(39)37-24-38-33-15-6-8-19-42(33)46-43(38)25-41(37)45/h1-25H. The average molecular weight is 584 g/mol. The van der Waals surface area contributed by atoms with E-state index < -0.39 is 0 Å². The van der Waals surface area contributed by atoms with Gasteiger partial charge in [-0.25, -0.2) is 0 Å². The highest BCUT2D eigenvalue weighted by Gasteiger charge is 2.23. The molecule has 0 unspecified atom stereocenters. The highest BCUT2D eigenvalue weighted by Crippen LogP contribution is 2.50. The second-order valence-corrected chi connectivity index (χ2v) is 12.4. The molecule has 8 aromatic carbocycles. The van der Waals surface area contributed by atoms with Crippen molar-refractivity contribution in [1.29, 1.82) is 0 Å². The lowest BCUT2D eigenvalue weighted by molar-refractivity contribution is 0.669. The van der Waals surface area contributed by atoms with Gasteiger partial charge in [0.05, 0.1) is 16.7 Å². The van der Waals surface area contributed by atoms with Gasteiger partial charge in [-0.1, -0.05) is 121 Å². The molecular weight excluding hydrogens is 558 g/mol. The Balaban J connectivity index is 1.20. The third kappa shape index (κ3) is 3.05. The normalized spacial score (nSPS) is 12.3. The monoisotopic (exact) mass is 583 g/mol. The zero-order chi connectivity index (χ0) is 29.9. The van der Waals surface area contributed by atoms with Gasteiger partial charge in [0, 0.05) is 33.0 Å². The maximum absolute atomic E-state index is 6.39. The van der Waals surface area contributed by atoms with E-state index in [1.807, 2.05) is 6.07 Å². The molecule has 212 valence electrons. The van der Waals surface area contributed by atoms with Gasteiger partial charge in [-0.15, -0.1) is 0 Å². The molecule has 0 saturated carbocycles. The van der Waals surface area contributed by atoms with E-state index in [9.17, 15) is 0 Å². The fraction of sp³-hybridized carbons (Fsp3) is 0. The Kier molecular flexibility index (Phi) is 4.61. The smallest absolute Gasteiger partial charge is 0.137 e. The van der Waals surface area contributed by atoms with Gasteiger partial charge in [0.15, 0.2) is 0 Å². The van der Waals surface area contributed by atoms with Crippen LogP contribution >= 0.6 is 0 Å². The minimum Gasteiger partial charge on any atom is -0.456 e. The van der Waals surface area contributed by atoms with E-state index in [-0.39, 0.29) is 0 Å². The van der Waals surface area contributed by atoms with Gasteiger partial charge >= 0.3 is 0 Å². The third-order valence-electron chi connectivity index (χ3n) is 10.2. The summed E-state index contributed by atoms with van der Waals surface area (Å²) in [7, 11) is 0. The molecule has 0 aliphatic heterocycles. The van der Waals surface area contributed by atoms with Crippen LogP contribution in [0.3, 0.4) is 0 Å². The van der Waals surface area contributed by atoms with Crippen LogP contribution in [0.4, 0.5) is 0 Å². The SMILES string of the molecule is c1ccc2c(c1)-c1cccc3c(-c4ccc(-n5c6ccccc6c6cc7c(cc65)oc5ccccc57)c5ccccc45)ccc-2c13. The molecule has 10 aromatic rings. The maximum Gasteiger partial charge on any atom is 0.137 e. The van der Waals surface area contributed by atoms with Crippen molar-refractivity contribution in [3.63, 3.8) is 0 Å². The number of benzene rings is 8. The number of hydrogen-bond donors (Lipinski definition) is 0. The van der Waals surface area contributed by atoms with Crippen LogP contribution in [-0.4, -0.2) is 4.57 Å². The molecule has 0 fully saturated rings. The molecule has 0 saturated heterocycles. The summed E-state index contributed by atoms with van der Waals surface area (Å²) < 4.78 is 8.81. The van der Waals surface area contributed by atoms with E-state index in [0.29, 0.717) is 0 Å². The molecule has 11 rings (SSSR count). The van der Waals surface area contributed by atoms with Gasteiger partial charge in [0.1, 0.15) is 11.2 Å². The molecule has 2 heteroatoms. The molecule has 1 aliphatic carbocycles. The summed E-state index contributed by atoms with van der Waals surface area (Å²) in [4.78, 5) is 0. The maximum atomic E-state index is 6.39. The minimum absolute atomic E-state index is 0.910. The fourth-order valence-corrected chi connectivity index (χ4v) is 8.20. The van der Waals surface area contributed by atoms with Crippen LogP contribution in [0.5, 0.6) is 0 Å². The van der Waals surface area contributed by atoms with Crippen molar-refractivity contribution in [2.75, 3.05) is 0 Å². The molecule has 1 aliphatic rings. The zero-order valence-electron chi connectivity index (χ0n) is 24.8. The predicted octanol–water partition coefficient (Wildman–Crippen LogP) is 12.3. The molecule has 0 amide bonds. The van der Waals surface area contributed by atoms with E-state index in [4.69, 9.17) is 4.42 Å². The van der Waals surface area contributed by atoms with Crippen LogP contribution in [0.25, 0.3) is 104 Å². The second kappa shape index (κ2) is 8.74. The van der Waals surface area contributed by atoms with Crippen LogP contribution in [0.1, 0.15) is 0 Å². The summed E-state index contributed by atoms with van der Waals surface area (Å²) in [6.07, 6.45) is 0. The molecule has 0 N–H and O–H groups in total. The zero-order valence-corrected chi connectivity index (χ0v) is 24.8. The van der Waals surface area contributed by atoms with Crippen molar-refractivity contribution in [3.05, 3.63) is 152 Å². The van der Waals surface area contributed by atoms with E-state index in [2.05, 4.69) is 150 Å². The van der Waals surface area contributed by atoms with E-state index in [1.54, 1.807) is 0 Å². The number of fused-ring (bicyclic) bond motifs is 10. The van der Waals surface area contributed by atoms with E-state index >= 15 is 0 Å². The second-order valence-electron chi connectivity index (χ2n) is 12.4. The Bertz CT molecular complexity index is 2890. The van der Waals surface area contributed by atoms with Gasteiger partial charge in [-0.3, -0.25) is 0 Å². The van der Waals surface area contributed by atoms with Gasteiger partial charge in [0.2, 0.25) is 0 Å². The van der Waals surface area contributed by atoms with Crippen molar-refractivity contribution in [2.24, 2.45) is 0 Å². The van der Waals surface area contributed by atoms with Crippen molar-refractivity contribution < 1.29 is 4.42 Å². The Morgan fingerprint density at radius 3 is 1.80 bits per heavy atom. The fourth-order valence-electron chi connectivity index (χ4n) is 8.20. The number of nitrogens with zero attached hydrogens (tertiary/aromatic N) is 1. The highest BCUT2D eigenvalue weighted by atomic mass is 16.3. The summed E-state index contributed by atoms with van der Waals surface area (Å²) in [6, 6.07) is 55.3. The molecule has 46 heavy (non-hydrogen) atoms. The highest BCUT2D eigenvalue weighted by molar-refractivity contribution is 6.21. The van der Waals surface area contributed by atoms with Crippen LogP contribution in [0.2, 0.25) is 0 Å². The molecule has 0 atom stereocenters. The van der Waals surface area contributed by atoms with Crippen LogP contribution in [0.15, 0.2) is 156 Å². The van der Waals surface area contributed by atoms with Gasteiger partial charge in [0.25, 0.3) is 0 Å². The Labute approximate surface area is 264 Å². The number of furan rings is 1. The molecule has 0 bridgehead atoms. The van der Waals surface area contributed by atoms with Crippen molar-refractivity contribution in [3.8, 4) is 39.1 Å². The third-order valence-corrected chi connectivity index (χ3v) is 10.2. The first-order valence-corrected chi connectivity index (χ1v) is 15.9. The molecule has 0 spiro atoms. The first kappa shape index (κ1) is 24.2. The van der Waals surface area contributed by atoms with Gasteiger partial charge in [-0.05, 0) is 73.8 Å². The Morgan fingerprint density at radius 2 is 0.935 bits per heavy atom. The Morgan fingerprint density at radius 1 is 0.326 bits per heavy atom. The largest absolute Gasteiger partial charge is 0.456 e. The summed E-state index contributed by atoms with van der Waals surface area (Å²) in [6.45, 7) is 0. The van der Waals surface area contributed by atoms with Crippen molar-refractivity contribution >= 4 is 65.3 Å². The summed E-state index contributed by atoms with van der Waals surface area (Å²) >= 11 is 0. The molecular formula is C44H25NO. The number of para-hydroxylation sites is 2. The Hall–Kier alpha value is -6.12. The quantitative estimate of drug-likeness (QED) is 0.198. The van der Waals surface area contributed by atoms with Crippen molar-refractivity contribution in [1.82, 2.24) is 4.57 Å². The number of aromatic nitrogens is 1. The lowest BCUT2D eigenvalue weighted by Crippen LogP contribution is -1.96. The minimum atomic E-state index is 0.910. The molecule has 2 nitrogen and oxygen atoms in total. The lowest BCUT2D eigenvalue weighted by Gasteiger charge is -2.16. The molecule has 0 radical (unpaired) electrons. The molecule has 2 heterocycles. The predicted molar refractivity (Wildman–Crippen MR) is 193 cm³/mol. The summed E-state index contributed by atoms with van der Waals surface area (Å²) in [5.41, 5.74) is 13.2.